The number of pyridine rings is 2. The van der Waals surface area contributed by atoms with Crippen LogP contribution in [0.4, 0.5) is 20.5 Å². The number of aromatic nitrogens is 5. The number of benzene rings is 1. The Labute approximate surface area is 179 Å². The van der Waals surface area contributed by atoms with Crippen molar-refractivity contribution < 1.29 is 8.78 Å². The minimum absolute atomic E-state index is 0.0483. The van der Waals surface area contributed by atoms with E-state index in [1.54, 1.807) is 6.07 Å². The number of nitrogens with one attached hydrogen (secondary N) is 2. The Kier molecular flexibility index (Phi) is 4.54. The molecule has 0 saturated heterocycles. The molecule has 4 aromatic heterocycles. The maximum absolute atomic E-state index is 13.8. The number of nitrogens with two attached hydrogens (primary N) is 1. The van der Waals surface area contributed by atoms with Crippen molar-refractivity contribution in [2.24, 2.45) is 0 Å². The Morgan fingerprint density at radius 1 is 1.09 bits per heavy atom. The van der Waals surface area contributed by atoms with E-state index < -0.39 is 23.2 Å². The molecule has 0 spiro atoms. The van der Waals surface area contributed by atoms with Gasteiger partial charge in [-0.1, -0.05) is 12.1 Å². The first-order chi connectivity index (χ1) is 15.4. The second kappa shape index (κ2) is 7.41. The SMILES string of the molecule is C[C@H](Nc1nc(N)nc2nc[nH]c12)c1cc2ccc(F)cn2c(=O)c1-c1ccc(F)cc1. The largest absolute Gasteiger partial charge is 0.368 e. The van der Waals surface area contributed by atoms with Crippen molar-refractivity contribution in [1.82, 2.24) is 24.3 Å². The number of nitrogens with zero attached hydrogens (tertiary/aromatic N) is 4. The van der Waals surface area contributed by atoms with E-state index in [1.165, 1.54) is 47.1 Å². The summed E-state index contributed by atoms with van der Waals surface area (Å²) >= 11 is 0. The van der Waals surface area contributed by atoms with Gasteiger partial charge in [-0.3, -0.25) is 9.20 Å². The Bertz CT molecular complexity index is 1530. The highest BCUT2D eigenvalue weighted by Gasteiger charge is 2.20. The van der Waals surface area contributed by atoms with E-state index in [-0.39, 0.29) is 5.95 Å². The summed E-state index contributed by atoms with van der Waals surface area (Å²) in [7, 11) is 0. The lowest BCUT2D eigenvalue weighted by atomic mass is 9.96. The van der Waals surface area contributed by atoms with Gasteiger partial charge in [-0.25, -0.2) is 13.8 Å². The van der Waals surface area contributed by atoms with Gasteiger partial charge in [-0.15, -0.1) is 0 Å². The van der Waals surface area contributed by atoms with Crippen molar-refractivity contribution >= 4 is 28.4 Å². The number of hydrogen-bond acceptors (Lipinski definition) is 6. The monoisotopic (exact) mass is 433 g/mol. The maximum Gasteiger partial charge on any atom is 0.263 e. The highest BCUT2D eigenvalue weighted by atomic mass is 19.1. The Morgan fingerprint density at radius 3 is 2.62 bits per heavy atom. The van der Waals surface area contributed by atoms with E-state index in [1.807, 2.05) is 6.92 Å². The van der Waals surface area contributed by atoms with Gasteiger partial charge in [0.25, 0.3) is 5.56 Å². The average molecular weight is 433 g/mol. The highest BCUT2D eigenvalue weighted by molar-refractivity contribution is 5.84. The predicted molar refractivity (Wildman–Crippen MR) is 117 cm³/mol. The van der Waals surface area contributed by atoms with Crippen LogP contribution < -0.4 is 16.6 Å². The van der Waals surface area contributed by atoms with E-state index in [4.69, 9.17) is 5.73 Å². The number of H-pyrrole nitrogens is 1. The summed E-state index contributed by atoms with van der Waals surface area (Å²) in [5.74, 6) is -0.498. The Hall–Kier alpha value is -4.34. The van der Waals surface area contributed by atoms with Crippen molar-refractivity contribution in [1.29, 1.82) is 0 Å². The van der Waals surface area contributed by atoms with Gasteiger partial charge in [-0.05, 0) is 48.4 Å². The average Bonchev–Trinajstić information content (AvgIpc) is 3.23. The molecule has 4 heterocycles. The number of nitrogen functional groups attached to an aromatic ring is 1. The third-order valence-corrected chi connectivity index (χ3v) is 5.22. The topological polar surface area (TPSA) is 114 Å². The molecule has 1 aromatic carbocycles. The number of rotatable bonds is 4. The van der Waals surface area contributed by atoms with E-state index in [2.05, 4.69) is 25.3 Å². The van der Waals surface area contributed by atoms with Crippen molar-refractivity contribution in [2.45, 2.75) is 13.0 Å². The first kappa shape index (κ1) is 19.6. The summed E-state index contributed by atoms with van der Waals surface area (Å²) < 4.78 is 28.6. The summed E-state index contributed by atoms with van der Waals surface area (Å²) in [5.41, 5.74) is 8.31. The Morgan fingerprint density at radius 2 is 1.84 bits per heavy atom. The van der Waals surface area contributed by atoms with Crippen LogP contribution >= 0.6 is 0 Å². The van der Waals surface area contributed by atoms with Crippen molar-refractivity contribution in [3.05, 3.63) is 82.5 Å². The summed E-state index contributed by atoms with van der Waals surface area (Å²) in [5, 5.41) is 3.25. The fourth-order valence-electron chi connectivity index (χ4n) is 3.74. The van der Waals surface area contributed by atoms with Crippen LogP contribution in [-0.2, 0) is 0 Å². The van der Waals surface area contributed by atoms with Crippen LogP contribution in [0.3, 0.4) is 0 Å². The zero-order valence-electron chi connectivity index (χ0n) is 16.8. The van der Waals surface area contributed by atoms with Crippen molar-refractivity contribution in [2.75, 3.05) is 11.1 Å². The smallest absolute Gasteiger partial charge is 0.263 e. The van der Waals surface area contributed by atoms with Gasteiger partial charge >= 0.3 is 0 Å². The van der Waals surface area contributed by atoms with Gasteiger partial charge in [0.1, 0.15) is 17.2 Å². The van der Waals surface area contributed by atoms with Crippen LogP contribution in [0.2, 0.25) is 0 Å². The highest BCUT2D eigenvalue weighted by Crippen LogP contribution is 2.30. The molecule has 0 saturated carbocycles. The molecular weight excluding hydrogens is 416 g/mol. The molecule has 4 N–H and O–H groups in total. The Balaban J connectivity index is 1.70. The van der Waals surface area contributed by atoms with Crippen molar-refractivity contribution in [3.8, 4) is 11.1 Å². The zero-order chi connectivity index (χ0) is 22.4. The van der Waals surface area contributed by atoms with Crippen LogP contribution in [0.15, 0.2) is 59.8 Å². The molecule has 10 heteroatoms. The van der Waals surface area contributed by atoms with Crippen LogP contribution in [0.5, 0.6) is 0 Å². The fraction of sp³-hybridized carbons (Fsp3) is 0.0909. The fourth-order valence-corrected chi connectivity index (χ4v) is 3.74. The standard InChI is InChI=1S/C22H17F2N7O/c1-11(28-20-18-19(27-10-26-18)29-22(25)30-20)16-8-15-7-6-14(24)9-31(15)21(32)17(16)12-2-4-13(23)5-3-12/h2-11H,1H3,(H4,25,26,27,28,29,30)/t11-/m0/s1. The molecule has 1 atom stereocenters. The zero-order valence-corrected chi connectivity index (χ0v) is 16.8. The maximum atomic E-state index is 13.8. The normalized spacial score (nSPS) is 12.3. The van der Waals surface area contributed by atoms with E-state index in [9.17, 15) is 13.6 Å². The van der Waals surface area contributed by atoms with Gasteiger partial charge in [0, 0.05) is 11.7 Å². The number of aromatic amines is 1. The molecule has 8 nitrogen and oxygen atoms in total. The molecule has 0 bridgehead atoms. The molecule has 0 aliphatic heterocycles. The lowest BCUT2D eigenvalue weighted by Crippen LogP contribution is -2.21. The quantitative estimate of drug-likeness (QED) is 0.399. The molecule has 0 amide bonds. The number of hydrogen-bond donors (Lipinski definition) is 3. The van der Waals surface area contributed by atoms with Gasteiger partial charge < -0.3 is 16.0 Å². The molecule has 0 unspecified atom stereocenters. The number of fused-ring (bicyclic) bond motifs is 2. The molecule has 0 radical (unpaired) electrons. The molecule has 32 heavy (non-hydrogen) atoms. The van der Waals surface area contributed by atoms with Crippen molar-refractivity contribution in [3.63, 3.8) is 0 Å². The third-order valence-electron chi connectivity index (χ3n) is 5.22. The molecule has 0 aliphatic rings. The first-order valence-corrected chi connectivity index (χ1v) is 9.74. The molecule has 0 aliphatic carbocycles. The van der Waals surface area contributed by atoms with E-state index >= 15 is 0 Å². The van der Waals surface area contributed by atoms with Gasteiger partial charge in [0.05, 0.1) is 17.9 Å². The first-order valence-electron chi connectivity index (χ1n) is 9.74. The molecule has 5 rings (SSSR count). The minimum atomic E-state index is -0.540. The second-order valence-electron chi connectivity index (χ2n) is 7.33. The third kappa shape index (κ3) is 3.31. The molecule has 5 aromatic rings. The lowest BCUT2D eigenvalue weighted by molar-refractivity contribution is 0.618. The van der Waals surface area contributed by atoms with Gasteiger partial charge in [0.2, 0.25) is 5.95 Å². The van der Waals surface area contributed by atoms with Crippen LogP contribution in [0, 0.1) is 11.6 Å². The minimum Gasteiger partial charge on any atom is -0.368 e. The predicted octanol–water partition coefficient (Wildman–Crippen LogP) is 3.67. The molecule has 160 valence electrons. The second-order valence-corrected chi connectivity index (χ2v) is 7.33. The van der Waals surface area contributed by atoms with E-state index in [0.717, 1.165) is 6.20 Å². The van der Waals surface area contributed by atoms with Crippen LogP contribution in [0.25, 0.3) is 27.8 Å². The van der Waals surface area contributed by atoms with Crippen LogP contribution in [0.1, 0.15) is 18.5 Å². The summed E-state index contributed by atoms with van der Waals surface area (Å²) in [4.78, 5) is 28.8. The number of imidazole rings is 1. The lowest BCUT2D eigenvalue weighted by Gasteiger charge is -2.20. The number of anilines is 2. The summed E-state index contributed by atoms with van der Waals surface area (Å²) in [6.45, 7) is 1.85. The van der Waals surface area contributed by atoms with Gasteiger partial charge in [0.15, 0.2) is 11.5 Å². The molecule has 0 fully saturated rings. The summed E-state index contributed by atoms with van der Waals surface area (Å²) in [6, 6.07) is 9.75. The number of halogens is 2. The van der Waals surface area contributed by atoms with E-state index in [0.29, 0.717) is 39.2 Å². The van der Waals surface area contributed by atoms with Crippen LogP contribution in [-0.4, -0.2) is 24.3 Å². The summed E-state index contributed by atoms with van der Waals surface area (Å²) in [6.07, 6.45) is 2.61. The molecular formula is C22H17F2N7O. The van der Waals surface area contributed by atoms with Gasteiger partial charge in [-0.2, -0.15) is 9.97 Å².